The number of hydrogen-bond acceptors (Lipinski definition) is 3. The second-order valence-electron chi connectivity index (χ2n) is 6.81. The molecule has 1 fully saturated rings. The number of aliphatic imine (C=N–C) groups is 1. The highest BCUT2D eigenvalue weighted by Crippen LogP contribution is 2.12. The average Bonchev–Trinajstić information content (AvgIpc) is 2.49. The predicted octanol–water partition coefficient (Wildman–Crippen LogP) is 1.06. The Morgan fingerprint density at radius 1 is 1.35 bits per heavy atom. The van der Waals surface area contributed by atoms with Crippen LogP contribution < -0.4 is 10.6 Å². The van der Waals surface area contributed by atoms with Gasteiger partial charge in [-0.25, -0.2) is 4.99 Å². The lowest BCUT2D eigenvalue weighted by atomic mass is 10.0. The Hall–Kier alpha value is -1.56. The van der Waals surface area contributed by atoms with Crippen LogP contribution in [0.3, 0.4) is 0 Å². The van der Waals surface area contributed by atoms with Gasteiger partial charge in [-0.05, 0) is 33.6 Å². The second-order valence-corrected chi connectivity index (χ2v) is 6.81. The quantitative estimate of drug-likeness (QED) is 0.436. The van der Waals surface area contributed by atoms with Crippen LogP contribution in [-0.2, 0) is 4.79 Å². The fourth-order valence-electron chi connectivity index (χ4n) is 2.43. The number of piperidine rings is 1. The summed E-state index contributed by atoms with van der Waals surface area (Å²) in [5.41, 5.74) is 1.04. The zero-order valence-corrected chi connectivity index (χ0v) is 15.4. The van der Waals surface area contributed by atoms with Gasteiger partial charge in [0, 0.05) is 45.8 Å². The zero-order valence-electron chi connectivity index (χ0n) is 15.4. The van der Waals surface area contributed by atoms with Gasteiger partial charge in [0.1, 0.15) is 6.54 Å². The maximum atomic E-state index is 11.7. The van der Waals surface area contributed by atoms with Crippen molar-refractivity contribution in [1.29, 1.82) is 0 Å². The number of amides is 1. The van der Waals surface area contributed by atoms with Crippen molar-refractivity contribution in [1.82, 2.24) is 20.4 Å². The number of carbonyl (C=O) groups is 1. The monoisotopic (exact) mass is 323 g/mol. The topological polar surface area (TPSA) is 60.0 Å². The van der Waals surface area contributed by atoms with E-state index in [4.69, 9.17) is 0 Å². The minimum atomic E-state index is -0.00366. The van der Waals surface area contributed by atoms with Crippen molar-refractivity contribution < 1.29 is 4.79 Å². The second kappa shape index (κ2) is 9.55. The van der Waals surface area contributed by atoms with Gasteiger partial charge in [0.25, 0.3) is 0 Å². The summed E-state index contributed by atoms with van der Waals surface area (Å²) in [5, 5.41) is 6.72. The van der Waals surface area contributed by atoms with E-state index in [1.807, 2.05) is 6.92 Å². The maximum Gasteiger partial charge on any atom is 0.243 e. The highest BCUT2D eigenvalue weighted by molar-refractivity contribution is 5.85. The molecule has 0 radical (unpaired) electrons. The van der Waals surface area contributed by atoms with E-state index < -0.39 is 0 Å². The molecule has 1 aliphatic heterocycles. The molecule has 0 aromatic rings. The van der Waals surface area contributed by atoms with Crippen LogP contribution in [0.15, 0.2) is 17.1 Å². The summed E-state index contributed by atoms with van der Waals surface area (Å²) in [5.74, 6) is 0.697. The largest absolute Gasteiger partial charge is 0.354 e. The fraction of sp³-hybridized carbons (Fsp3) is 0.765. The van der Waals surface area contributed by atoms with E-state index in [-0.39, 0.29) is 12.5 Å². The highest BCUT2D eigenvalue weighted by Gasteiger charge is 2.21. The molecule has 0 bridgehead atoms. The maximum absolute atomic E-state index is 11.7. The van der Waals surface area contributed by atoms with Crippen molar-refractivity contribution in [2.24, 2.45) is 4.99 Å². The lowest BCUT2D eigenvalue weighted by Gasteiger charge is -2.35. The molecular formula is C17H33N5O. The van der Waals surface area contributed by atoms with Crippen LogP contribution in [0.5, 0.6) is 0 Å². The van der Waals surface area contributed by atoms with Crippen molar-refractivity contribution in [2.75, 3.05) is 40.3 Å². The molecule has 0 aromatic carbocycles. The van der Waals surface area contributed by atoms with Gasteiger partial charge >= 0.3 is 0 Å². The first-order chi connectivity index (χ1) is 10.8. The Balaban J connectivity index is 2.57. The molecular weight excluding hydrogens is 290 g/mol. The van der Waals surface area contributed by atoms with Gasteiger partial charge in [-0.2, -0.15) is 0 Å². The van der Waals surface area contributed by atoms with Crippen LogP contribution in [0.25, 0.3) is 0 Å². The smallest absolute Gasteiger partial charge is 0.243 e. The van der Waals surface area contributed by atoms with Crippen LogP contribution in [0.4, 0.5) is 0 Å². The van der Waals surface area contributed by atoms with E-state index >= 15 is 0 Å². The van der Waals surface area contributed by atoms with Crippen LogP contribution in [0, 0.1) is 0 Å². The van der Waals surface area contributed by atoms with E-state index in [0.29, 0.717) is 24.6 Å². The SMILES string of the molecule is C=C(C)CNC(=NCC(=O)N(C)C)NC1CCN(C(C)C)CC1. The van der Waals surface area contributed by atoms with E-state index in [2.05, 4.69) is 41.0 Å². The predicted molar refractivity (Wildman–Crippen MR) is 96.7 cm³/mol. The molecule has 0 unspecified atom stereocenters. The Bertz CT molecular complexity index is 423. The Labute approximate surface area is 141 Å². The number of likely N-dealkylation sites (tertiary alicyclic amines) is 1. The summed E-state index contributed by atoms with van der Waals surface area (Å²) in [4.78, 5) is 20.2. The number of guanidine groups is 1. The third kappa shape index (κ3) is 7.50. The summed E-state index contributed by atoms with van der Waals surface area (Å²) in [7, 11) is 3.49. The normalized spacial score (nSPS) is 17.2. The highest BCUT2D eigenvalue weighted by atomic mass is 16.2. The number of hydrogen-bond donors (Lipinski definition) is 2. The summed E-state index contributed by atoms with van der Waals surface area (Å²) >= 11 is 0. The zero-order chi connectivity index (χ0) is 17.4. The average molecular weight is 323 g/mol. The van der Waals surface area contributed by atoms with Gasteiger partial charge in [-0.1, -0.05) is 12.2 Å². The molecule has 1 aliphatic rings. The molecule has 6 nitrogen and oxygen atoms in total. The number of carbonyl (C=O) groups excluding carboxylic acids is 1. The van der Waals surface area contributed by atoms with Crippen molar-refractivity contribution in [3.63, 3.8) is 0 Å². The van der Waals surface area contributed by atoms with E-state index in [9.17, 15) is 4.79 Å². The molecule has 1 rings (SSSR count). The first-order valence-corrected chi connectivity index (χ1v) is 8.43. The summed E-state index contributed by atoms with van der Waals surface area (Å²) < 4.78 is 0. The minimum Gasteiger partial charge on any atom is -0.354 e. The van der Waals surface area contributed by atoms with Crippen LogP contribution >= 0.6 is 0 Å². The van der Waals surface area contributed by atoms with E-state index in [0.717, 1.165) is 31.5 Å². The van der Waals surface area contributed by atoms with Gasteiger partial charge in [0.05, 0.1) is 0 Å². The van der Waals surface area contributed by atoms with E-state index in [1.54, 1.807) is 19.0 Å². The van der Waals surface area contributed by atoms with Crippen LogP contribution in [0.1, 0.15) is 33.6 Å². The molecule has 6 heteroatoms. The summed E-state index contributed by atoms with van der Waals surface area (Å²) in [6.45, 7) is 13.4. The number of nitrogens with one attached hydrogen (secondary N) is 2. The molecule has 1 amide bonds. The number of rotatable bonds is 6. The first kappa shape index (κ1) is 19.5. The van der Waals surface area contributed by atoms with E-state index in [1.165, 1.54) is 0 Å². The van der Waals surface area contributed by atoms with Crippen molar-refractivity contribution in [3.05, 3.63) is 12.2 Å². The Morgan fingerprint density at radius 3 is 2.43 bits per heavy atom. The molecule has 0 aliphatic carbocycles. The van der Waals surface area contributed by atoms with Gasteiger partial charge < -0.3 is 20.4 Å². The Kier molecular flexibility index (Phi) is 8.09. The molecule has 0 saturated carbocycles. The van der Waals surface area contributed by atoms with Crippen molar-refractivity contribution >= 4 is 11.9 Å². The molecule has 1 heterocycles. The lowest BCUT2D eigenvalue weighted by Crippen LogP contribution is -2.50. The molecule has 0 spiro atoms. The van der Waals surface area contributed by atoms with Crippen LogP contribution in [0.2, 0.25) is 0 Å². The van der Waals surface area contributed by atoms with Gasteiger partial charge in [0.2, 0.25) is 5.91 Å². The third-order valence-corrected chi connectivity index (χ3v) is 4.03. The van der Waals surface area contributed by atoms with Crippen molar-refractivity contribution in [2.45, 2.75) is 45.7 Å². The molecule has 23 heavy (non-hydrogen) atoms. The lowest BCUT2D eigenvalue weighted by molar-refractivity contribution is -0.127. The summed E-state index contributed by atoms with van der Waals surface area (Å²) in [6, 6.07) is 0.999. The van der Waals surface area contributed by atoms with Crippen LogP contribution in [-0.4, -0.2) is 74.0 Å². The minimum absolute atomic E-state index is 0.00366. The fourth-order valence-corrected chi connectivity index (χ4v) is 2.43. The van der Waals surface area contributed by atoms with Gasteiger partial charge in [-0.15, -0.1) is 0 Å². The molecule has 0 aromatic heterocycles. The standard InChI is InChI=1S/C17H33N5O/c1-13(2)11-18-17(19-12-16(23)21(5)6)20-15-7-9-22(10-8-15)14(3)4/h14-15H,1,7-12H2,2-6H3,(H2,18,19,20). The van der Waals surface area contributed by atoms with Gasteiger partial charge in [-0.3, -0.25) is 4.79 Å². The Morgan fingerprint density at radius 2 is 1.96 bits per heavy atom. The molecule has 1 saturated heterocycles. The summed E-state index contributed by atoms with van der Waals surface area (Å²) in [6.07, 6.45) is 2.18. The number of likely N-dealkylation sites (N-methyl/N-ethyl adjacent to an activating group) is 1. The first-order valence-electron chi connectivity index (χ1n) is 8.43. The molecule has 0 atom stereocenters. The molecule has 2 N–H and O–H groups in total. The van der Waals surface area contributed by atoms with Crippen molar-refractivity contribution in [3.8, 4) is 0 Å². The molecule has 132 valence electrons. The third-order valence-electron chi connectivity index (χ3n) is 4.03. The van der Waals surface area contributed by atoms with Gasteiger partial charge in [0.15, 0.2) is 5.96 Å². The number of nitrogens with zero attached hydrogens (tertiary/aromatic N) is 3.